The summed E-state index contributed by atoms with van der Waals surface area (Å²) in [5.74, 6) is 0.664. The molecule has 0 radical (unpaired) electrons. The minimum Gasteiger partial charge on any atom is -0.497 e. The lowest BCUT2D eigenvalue weighted by molar-refractivity contribution is -0.151. The van der Waals surface area contributed by atoms with E-state index in [1.165, 1.54) is 4.90 Å². The number of nitriles is 1. The Morgan fingerprint density at radius 3 is 2.50 bits per heavy atom. The summed E-state index contributed by atoms with van der Waals surface area (Å²) in [7, 11) is 3.16. The first kappa shape index (κ1) is 19.3. The van der Waals surface area contributed by atoms with Crippen LogP contribution in [-0.4, -0.2) is 50.7 Å². The highest BCUT2D eigenvalue weighted by Gasteiger charge is 2.11. The van der Waals surface area contributed by atoms with Gasteiger partial charge in [-0.25, -0.2) is 0 Å². The van der Waals surface area contributed by atoms with Crippen molar-refractivity contribution in [2.45, 2.75) is 19.3 Å². The molecule has 0 spiro atoms. The van der Waals surface area contributed by atoms with E-state index in [0.29, 0.717) is 25.3 Å². The first-order valence-electron chi connectivity index (χ1n) is 7.60. The van der Waals surface area contributed by atoms with Gasteiger partial charge in [0.25, 0.3) is 5.91 Å². The first-order chi connectivity index (χ1) is 11.6. The highest BCUT2D eigenvalue weighted by atomic mass is 16.5. The lowest BCUT2D eigenvalue weighted by Gasteiger charge is -2.15. The van der Waals surface area contributed by atoms with Crippen molar-refractivity contribution in [1.29, 1.82) is 5.26 Å². The van der Waals surface area contributed by atoms with Gasteiger partial charge in [-0.15, -0.1) is 0 Å². The monoisotopic (exact) mass is 334 g/mol. The first-order valence-corrected chi connectivity index (χ1v) is 7.60. The molecular formula is C17H22N2O5. The Balaban J connectivity index is 2.15. The van der Waals surface area contributed by atoms with Crippen molar-refractivity contribution in [1.82, 2.24) is 4.90 Å². The maximum atomic E-state index is 11.6. The number of benzene rings is 1. The predicted octanol–water partition coefficient (Wildman–Crippen LogP) is 1.77. The van der Waals surface area contributed by atoms with Crippen LogP contribution in [0.5, 0.6) is 11.5 Å². The number of nitrogens with zero attached hydrogens (tertiary/aromatic N) is 2. The number of hydrogen-bond donors (Lipinski definition) is 0. The van der Waals surface area contributed by atoms with Gasteiger partial charge in [0.2, 0.25) is 0 Å². The van der Waals surface area contributed by atoms with Crippen LogP contribution in [0.4, 0.5) is 0 Å². The van der Waals surface area contributed by atoms with Gasteiger partial charge < -0.3 is 19.1 Å². The molecular weight excluding hydrogens is 312 g/mol. The number of amides is 1. The lowest BCUT2D eigenvalue weighted by Crippen LogP contribution is -2.31. The summed E-state index contributed by atoms with van der Waals surface area (Å²) in [6.07, 6.45) is 0.910. The van der Waals surface area contributed by atoms with Crippen LogP contribution in [-0.2, 0) is 14.3 Å². The fourth-order valence-electron chi connectivity index (χ4n) is 1.75. The Labute approximate surface area is 141 Å². The molecule has 0 aliphatic heterocycles. The van der Waals surface area contributed by atoms with Gasteiger partial charge in [0.15, 0.2) is 6.61 Å². The van der Waals surface area contributed by atoms with Crippen molar-refractivity contribution >= 4 is 11.9 Å². The van der Waals surface area contributed by atoms with Crippen LogP contribution in [0.2, 0.25) is 0 Å². The second kappa shape index (κ2) is 10.9. The number of rotatable bonds is 10. The number of ether oxygens (including phenoxy) is 3. The predicted molar refractivity (Wildman–Crippen MR) is 86.5 cm³/mol. The molecule has 7 heteroatoms. The van der Waals surface area contributed by atoms with Crippen LogP contribution in [0.3, 0.4) is 0 Å². The molecule has 0 fully saturated rings. The van der Waals surface area contributed by atoms with Gasteiger partial charge in [0, 0.05) is 20.0 Å². The third-order valence-corrected chi connectivity index (χ3v) is 3.19. The van der Waals surface area contributed by atoms with E-state index in [1.807, 2.05) is 6.07 Å². The Morgan fingerprint density at radius 2 is 1.88 bits per heavy atom. The van der Waals surface area contributed by atoms with Crippen LogP contribution < -0.4 is 9.47 Å². The van der Waals surface area contributed by atoms with Crippen LogP contribution in [0, 0.1) is 11.3 Å². The molecule has 0 bridgehead atoms. The summed E-state index contributed by atoms with van der Waals surface area (Å²) in [5, 5.41) is 8.45. The third kappa shape index (κ3) is 7.49. The molecule has 1 aromatic rings. The summed E-state index contributed by atoms with van der Waals surface area (Å²) in [5.41, 5.74) is 0. The van der Waals surface area contributed by atoms with Crippen LogP contribution in [0.25, 0.3) is 0 Å². The zero-order valence-electron chi connectivity index (χ0n) is 14.0. The molecule has 0 atom stereocenters. The SMILES string of the molecule is COc1ccc(OCCCC(=O)OCC(=O)N(C)CCC#N)cc1. The molecule has 1 aromatic carbocycles. The van der Waals surface area contributed by atoms with Gasteiger partial charge in [0.1, 0.15) is 11.5 Å². The number of carbonyl (C=O) groups is 2. The molecule has 1 rings (SSSR count). The molecule has 0 saturated heterocycles. The second-order valence-corrected chi connectivity index (χ2v) is 5.01. The van der Waals surface area contributed by atoms with Gasteiger partial charge in [-0.1, -0.05) is 0 Å². The van der Waals surface area contributed by atoms with E-state index < -0.39 is 5.97 Å². The van der Waals surface area contributed by atoms with E-state index in [2.05, 4.69) is 0 Å². The minimum atomic E-state index is -0.449. The third-order valence-electron chi connectivity index (χ3n) is 3.19. The number of methoxy groups -OCH3 is 1. The maximum absolute atomic E-state index is 11.6. The molecule has 0 saturated carbocycles. The van der Waals surface area contributed by atoms with E-state index in [1.54, 1.807) is 38.4 Å². The maximum Gasteiger partial charge on any atom is 0.306 e. The smallest absolute Gasteiger partial charge is 0.306 e. The molecule has 0 unspecified atom stereocenters. The van der Waals surface area contributed by atoms with Crippen molar-refractivity contribution in [3.63, 3.8) is 0 Å². The van der Waals surface area contributed by atoms with Crippen molar-refractivity contribution in [3.05, 3.63) is 24.3 Å². The van der Waals surface area contributed by atoms with Crippen molar-refractivity contribution < 1.29 is 23.8 Å². The van der Waals surface area contributed by atoms with Gasteiger partial charge in [-0.05, 0) is 30.7 Å². The Kier molecular flexibility index (Phi) is 8.76. The number of hydrogen-bond acceptors (Lipinski definition) is 6. The van der Waals surface area contributed by atoms with Gasteiger partial charge in [-0.3, -0.25) is 9.59 Å². The normalized spacial score (nSPS) is 9.71. The van der Waals surface area contributed by atoms with Crippen LogP contribution in [0.1, 0.15) is 19.3 Å². The molecule has 0 heterocycles. The molecule has 24 heavy (non-hydrogen) atoms. The van der Waals surface area contributed by atoms with Gasteiger partial charge >= 0.3 is 5.97 Å². The summed E-state index contributed by atoms with van der Waals surface area (Å²) < 4.78 is 15.4. The number of esters is 1. The highest BCUT2D eigenvalue weighted by Crippen LogP contribution is 2.17. The van der Waals surface area contributed by atoms with Crippen molar-refractivity contribution in [2.75, 3.05) is 33.9 Å². The topological polar surface area (TPSA) is 88.9 Å². The van der Waals surface area contributed by atoms with E-state index in [4.69, 9.17) is 19.5 Å². The van der Waals surface area contributed by atoms with Crippen LogP contribution >= 0.6 is 0 Å². The zero-order chi connectivity index (χ0) is 17.8. The number of likely N-dealkylation sites (N-methyl/N-ethyl adjacent to an activating group) is 1. The summed E-state index contributed by atoms with van der Waals surface area (Å²) in [4.78, 5) is 24.6. The molecule has 130 valence electrons. The average molecular weight is 334 g/mol. The molecule has 7 nitrogen and oxygen atoms in total. The van der Waals surface area contributed by atoms with E-state index in [9.17, 15) is 9.59 Å². The fraction of sp³-hybridized carbons (Fsp3) is 0.471. The van der Waals surface area contributed by atoms with E-state index in [-0.39, 0.29) is 25.4 Å². The van der Waals surface area contributed by atoms with E-state index >= 15 is 0 Å². The summed E-state index contributed by atoms with van der Waals surface area (Å²) in [6, 6.07) is 9.10. The van der Waals surface area contributed by atoms with Gasteiger partial charge in [-0.2, -0.15) is 5.26 Å². The quantitative estimate of drug-likeness (QED) is 0.478. The summed E-state index contributed by atoms with van der Waals surface area (Å²) in [6.45, 7) is 0.389. The molecule has 0 aliphatic rings. The van der Waals surface area contributed by atoms with Crippen molar-refractivity contribution in [2.24, 2.45) is 0 Å². The van der Waals surface area contributed by atoms with Crippen LogP contribution in [0.15, 0.2) is 24.3 Å². The molecule has 0 aliphatic carbocycles. The van der Waals surface area contributed by atoms with Crippen molar-refractivity contribution in [3.8, 4) is 17.6 Å². The highest BCUT2D eigenvalue weighted by molar-refractivity contribution is 5.80. The molecule has 1 amide bonds. The Morgan fingerprint density at radius 1 is 1.21 bits per heavy atom. The molecule has 0 aromatic heterocycles. The number of carbonyl (C=O) groups excluding carboxylic acids is 2. The zero-order valence-corrected chi connectivity index (χ0v) is 14.0. The molecule has 0 N–H and O–H groups in total. The Hall–Kier alpha value is -2.75. The van der Waals surface area contributed by atoms with E-state index in [0.717, 1.165) is 5.75 Å². The average Bonchev–Trinajstić information content (AvgIpc) is 2.61. The minimum absolute atomic E-state index is 0.172. The summed E-state index contributed by atoms with van der Waals surface area (Å²) >= 11 is 0. The fourth-order valence-corrected chi connectivity index (χ4v) is 1.75. The standard InChI is InChI=1S/C17H22N2O5/c1-19(11-4-10-18)16(20)13-24-17(21)5-3-12-23-15-8-6-14(22-2)7-9-15/h6-9H,3-5,11-13H2,1-2H3. The largest absolute Gasteiger partial charge is 0.497 e. The second-order valence-electron chi connectivity index (χ2n) is 5.01. The lowest BCUT2D eigenvalue weighted by atomic mass is 10.3. The Bertz CT molecular complexity index is 565. The van der Waals surface area contributed by atoms with Gasteiger partial charge in [0.05, 0.1) is 26.2 Å².